The van der Waals surface area contributed by atoms with Crippen LogP contribution in [0.2, 0.25) is 0 Å². The fourth-order valence-corrected chi connectivity index (χ4v) is 5.66. The summed E-state index contributed by atoms with van der Waals surface area (Å²) in [7, 11) is 1.80. The topological polar surface area (TPSA) is 104 Å². The number of esters is 1. The van der Waals surface area contributed by atoms with Crippen LogP contribution < -0.4 is 10.9 Å². The van der Waals surface area contributed by atoms with E-state index >= 15 is 0 Å². The lowest BCUT2D eigenvalue weighted by Crippen LogP contribution is -2.39. The van der Waals surface area contributed by atoms with Gasteiger partial charge in [0, 0.05) is 4.88 Å². The highest BCUT2D eigenvalue weighted by Crippen LogP contribution is 2.40. The van der Waals surface area contributed by atoms with Crippen LogP contribution in [0.15, 0.2) is 29.1 Å². The monoisotopic (exact) mass is 482 g/mol. The van der Waals surface area contributed by atoms with E-state index < -0.39 is 6.04 Å². The number of likely N-dealkylation sites (N-methyl/N-ethyl adjacent to an activating group) is 1. The number of hydrogen-bond donors (Lipinski definition) is 2. The minimum Gasteiger partial charge on any atom is -0.462 e. The van der Waals surface area contributed by atoms with Crippen molar-refractivity contribution in [3.05, 3.63) is 56.4 Å². The number of carbonyl (C=O) groups is 2. The molecule has 34 heavy (non-hydrogen) atoms. The van der Waals surface area contributed by atoms with Crippen LogP contribution in [-0.4, -0.2) is 46.4 Å². The molecule has 0 bridgehead atoms. The molecular formula is C25H30N4O4S. The molecule has 0 fully saturated rings. The second kappa shape index (κ2) is 10.1. The Morgan fingerprint density at radius 3 is 2.88 bits per heavy atom. The zero-order chi connectivity index (χ0) is 24.4. The first kappa shape index (κ1) is 24.1. The molecule has 2 heterocycles. The van der Waals surface area contributed by atoms with Crippen molar-refractivity contribution in [1.29, 1.82) is 0 Å². The van der Waals surface area contributed by atoms with Gasteiger partial charge in [-0.3, -0.25) is 14.5 Å². The lowest BCUT2D eigenvalue weighted by atomic mass is 9.88. The standard InChI is InChI=1S/C25H30N4O4S/c1-5-33-25(32)21-17-11-10-14(2)12-19(17)34-24(21)28-22(30)15(3)29(4)13-20-26-18-9-7-6-8-16(18)23(31)27-20/h6-9,14-15H,5,10-13H2,1-4H3,(H,28,30)(H,26,27,31)/t14-,15-/m1/s1. The molecule has 180 valence electrons. The number of para-hydroxylation sites is 1. The first-order valence-corrected chi connectivity index (χ1v) is 12.4. The van der Waals surface area contributed by atoms with E-state index in [-0.39, 0.29) is 30.6 Å². The molecular weight excluding hydrogens is 452 g/mol. The van der Waals surface area contributed by atoms with Gasteiger partial charge >= 0.3 is 5.97 Å². The summed E-state index contributed by atoms with van der Waals surface area (Å²) >= 11 is 1.47. The van der Waals surface area contributed by atoms with Crippen LogP contribution in [0.3, 0.4) is 0 Å². The zero-order valence-corrected chi connectivity index (χ0v) is 20.8. The van der Waals surface area contributed by atoms with Gasteiger partial charge in [-0.05, 0) is 63.8 Å². The van der Waals surface area contributed by atoms with Gasteiger partial charge in [0.2, 0.25) is 5.91 Å². The van der Waals surface area contributed by atoms with Crippen LogP contribution in [0.4, 0.5) is 5.00 Å². The smallest absolute Gasteiger partial charge is 0.341 e. The normalized spacial score (nSPS) is 16.3. The number of aromatic nitrogens is 2. The number of anilines is 1. The first-order chi connectivity index (χ1) is 16.3. The predicted molar refractivity (Wildman–Crippen MR) is 133 cm³/mol. The molecule has 8 nitrogen and oxygen atoms in total. The highest BCUT2D eigenvalue weighted by atomic mass is 32.1. The lowest BCUT2D eigenvalue weighted by Gasteiger charge is -2.23. The van der Waals surface area contributed by atoms with Crippen molar-refractivity contribution < 1.29 is 14.3 Å². The number of nitrogens with zero attached hydrogens (tertiary/aromatic N) is 2. The van der Waals surface area contributed by atoms with Crippen LogP contribution in [0, 0.1) is 5.92 Å². The Hall–Kier alpha value is -3.04. The van der Waals surface area contributed by atoms with Crippen molar-refractivity contribution in [3.63, 3.8) is 0 Å². The number of amides is 1. The van der Waals surface area contributed by atoms with E-state index in [0.717, 1.165) is 29.7 Å². The molecule has 0 spiro atoms. The number of ether oxygens (including phenoxy) is 1. The highest BCUT2D eigenvalue weighted by Gasteiger charge is 2.30. The first-order valence-electron chi connectivity index (χ1n) is 11.6. The van der Waals surface area contributed by atoms with E-state index in [4.69, 9.17) is 4.74 Å². The summed E-state index contributed by atoms with van der Waals surface area (Å²) < 4.78 is 5.30. The number of thiophene rings is 1. The maximum Gasteiger partial charge on any atom is 0.341 e. The fourth-order valence-electron chi connectivity index (χ4n) is 4.26. The number of benzene rings is 1. The quantitative estimate of drug-likeness (QED) is 0.497. The Morgan fingerprint density at radius 2 is 2.12 bits per heavy atom. The third-order valence-corrected chi connectivity index (χ3v) is 7.50. The van der Waals surface area contributed by atoms with Gasteiger partial charge in [0.1, 0.15) is 10.8 Å². The average Bonchev–Trinajstić information content (AvgIpc) is 3.15. The number of carbonyl (C=O) groups excluding carboxylic acids is 2. The van der Waals surface area contributed by atoms with Crippen molar-refractivity contribution in [3.8, 4) is 0 Å². The van der Waals surface area contributed by atoms with Crippen molar-refractivity contribution in [2.45, 2.75) is 52.6 Å². The summed E-state index contributed by atoms with van der Waals surface area (Å²) in [6, 6.07) is 6.63. The van der Waals surface area contributed by atoms with Gasteiger partial charge in [-0.1, -0.05) is 19.1 Å². The molecule has 1 aromatic carbocycles. The van der Waals surface area contributed by atoms with Crippen molar-refractivity contribution in [2.24, 2.45) is 5.92 Å². The Labute approximate surface area is 202 Å². The molecule has 0 unspecified atom stereocenters. The second-order valence-corrected chi connectivity index (χ2v) is 9.99. The number of rotatable bonds is 7. The van der Waals surface area contributed by atoms with Gasteiger partial charge in [-0.2, -0.15) is 0 Å². The fraction of sp³-hybridized carbons (Fsp3) is 0.440. The van der Waals surface area contributed by atoms with Gasteiger partial charge in [0.05, 0.1) is 35.7 Å². The van der Waals surface area contributed by atoms with Crippen LogP contribution in [-0.2, 0) is 28.9 Å². The van der Waals surface area contributed by atoms with E-state index in [1.165, 1.54) is 11.3 Å². The largest absolute Gasteiger partial charge is 0.462 e. The maximum absolute atomic E-state index is 13.1. The maximum atomic E-state index is 13.1. The minimum absolute atomic E-state index is 0.205. The number of fused-ring (bicyclic) bond motifs is 2. The zero-order valence-electron chi connectivity index (χ0n) is 19.9. The Kier molecular flexibility index (Phi) is 7.13. The number of hydrogen-bond acceptors (Lipinski definition) is 7. The van der Waals surface area contributed by atoms with Gasteiger partial charge in [0.15, 0.2) is 0 Å². The van der Waals surface area contributed by atoms with Crippen LogP contribution in [0.25, 0.3) is 10.9 Å². The predicted octanol–water partition coefficient (Wildman–Crippen LogP) is 3.75. The Bertz CT molecular complexity index is 1280. The van der Waals surface area contributed by atoms with Gasteiger partial charge in [0.25, 0.3) is 5.56 Å². The van der Waals surface area contributed by atoms with Gasteiger partial charge in [-0.15, -0.1) is 11.3 Å². The molecule has 2 atom stereocenters. The number of nitrogens with one attached hydrogen (secondary N) is 2. The molecule has 1 aliphatic rings. The molecule has 0 saturated heterocycles. The van der Waals surface area contributed by atoms with Crippen LogP contribution in [0.1, 0.15) is 53.8 Å². The molecule has 0 aliphatic heterocycles. The average molecular weight is 483 g/mol. The molecule has 2 aromatic heterocycles. The van der Waals surface area contributed by atoms with E-state index in [2.05, 4.69) is 22.2 Å². The van der Waals surface area contributed by atoms with E-state index in [1.807, 2.05) is 11.0 Å². The molecule has 9 heteroatoms. The summed E-state index contributed by atoms with van der Waals surface area (Å²) in [5.74, 6) is 0.414. The SMILES string of the molecule is CCOC(=O)c1c(NC(=O)[C@@H](C)N(C)Cc2nc3ccccc3c(=O)[nH]2)sc2c1CC[C@@H](C)C2. The minimum atomic E-state index is -0.523. The van der Waals surface area contributed by atoms with E-state index in [1.54, 1.807) is 39.1 Å². The van der Waals surface area contributed by atoms with Gasteiger partial charge in [-0.25, -0.2) is 9.78 Å². The molecule has 0 saturated carbocycles. The summed E-state index contributed by atoms with van der Waals surface area (Å²) in [6.07, 6.45) is 2.73. The summed E-state index contributed by atoms with van der Waals surface area (Å²) in [6.45, 7) is 6.34. The number of aromatic amines is 1. The molecule has 0 radical (unpaired) electrons. The molecule has 1 aliphatic carbocycles. The summed E-state index contributed by atoms with van der Waals surface area (Å²) in [5, 5.41) is 4.06. The highest BCUT2D eigenvalue weighted by molar-refractivity contribution is 7.17. The van der Waals surface area contributed by atoms with Crippen molar-refractivity contribution >= 4 is 39.1 Å². The Balaban J connectivity index is 1.52. The third kappa shape index (κ3) is 4.90. The van der Waals surface area contributed by atoms with Crippen molar-refractivity contribution in [2.75, 3.05) is 19.0 Å². The third-order valence-electron chi connectivity index (χ3n) is 6.33. The molecule has 3 aromatic rings. The molecule has 2 N–H and O–H groups in total. The number of H-pyrrole nitrogens is 1. The molecule has 4 rings (SSSR count). The van der Waals surface area contributed by atoms with Crippen LogP contribution >= 0.6 is 11.3 Å². The summed E-state index contributed by atoms with van der Waals surface area (Å²) in [4.78, 5) is 48.5. The Morgan fingerprint density at radius 1 is 1.35 bits per heavy atom. The summed E-state index contributed by atoms with van der Waals surface area (Å²) in [5.41, 5.74) is 1.92. The molecule has 1 amide bonds. The van der Waals surface area contributed by atoms with Crippen LogP contribution in [0.5, 0.6) is 0 Å². The lowest BCUT2D eigenvalue weighted by molar-refractivity contribution is -0.120. The van der Waals surface area contributed by atoms with Crippen molar-refractivity contribution in [1.82, 2.24) is 14.9 Å². The van der Waals surface area contributed by atoms with E-state index in [0.29, 0.717) is 33.2 Å². The van der Waals surface area contributed by atoms with E-state index in [9.17, 15) is 14.4 Å². The van der Waals surface area contributed by atoms with Gasteiger partial charge < -0.3 is 15.0 Å². The second-order valence-electron chi connectivity index (χ2n) is 8.89.